The average Bonchev–Trinajstić information content (AvgIpc) is 2.50. The number of hydrogen-bond donors (Lipinski definition) is 1. The summed E-state index contributed by atoms with van der Waals surface area (Å²) < 4.78 is 5.33. The number of rotatable bonds is 4. The second kappa shape index (κ2) is 7.45. The average molecular weight is 382 g/mol. The van der Waals surface area contributed by atoms with Gasteiger partial charge in [-0.25, -0.2) is 9.79 Å². The van der Waals surface area contributed by atoms with E-state index in [4.69, 9.17) is 16.3 Å². The Morgan fingerprint density at radius 3 is 2.62 bits per heavy atom. The third kappa shape index (κ3) is 4.68. The molecule has 0 saturated carbocycles. The van der Waals surface area contributed by atoms with Crippen LogP contribution in [0.25, 0.3) is 0 Å². The first-order valence-electron chi connectivity index (χ1n) is 8.70. The Hall–Kier alpha value is -1.79. The molecule has 0 radical (unpaired) electrons. The van der Waals surface area contributed by atoms with Gasteiger partial charge in [0.2, 0.25) is 0 Å². The molecule has 0 aromatic heterocycles. The second-order valence-electron chi connectivity index (χ2n) is 7.80. The quantitative estimate of drug-likeness (QED) is 0.638. The summed E-state index contributed by atoms with van der Waals surface area (Å²) in [5.41, 5.74) is 0.569. The minimum atomic E-state index is -1.12. The molecule has 1 amide bonds. The van der Waals surface area contributed by atoms with Gasteiger partial charge in [0.05, 0.1) is 30.1 Å². The van der Waals surface area contributed by atoms with E-state index in [2.05, 4.69) is 4.99 Å². The molecule has 2 rings (SSSR count). The molecule has 1 aromatic carbocycles. The Labute approximate surface area is 160 Å². The van der Waals surface area contributed by atoms with Crippen LogP contribution in [0.2, 0.25) is 5.02 Å². The first-order chi connectivity index (χ1) is 11.9. The van der Waals surface area contributed by atoms with Crippen molar-refractivity contribution in [3.63, 3.8) is 0 Å². The van der Waals surface area contributed by atoms with E-state index in [9.17, 15) is 9.90 Å². The summed E-state index contributed by atoms with van der Waals surface area (Å²) in [4.78, 5) is 19.9. The molecule has 0 atom stereocenters. The number of carbonyl (C=O) groups is 1. The number of nitrogens with zero attached hydrogens (tertiary/aromatic N) is 3. The molecular formula is C19H28ClN3O3. The highest BCUT2D eigenvalue weighted by atomic mass is 35.5. The first kappa shape index (κ1) is 20.5. The number of benzene rings is 1. The van der Waals surface area contributed by atoms with Crippen LogP contribution >= 0.6 is 11.6 Å². The van der Waals surface area contributed by atoms with Crippen LogP contribution in [0.4, 0.5) is 10.5 Å². The van der Waals surface area contributed by atoms with Gasteiger partial charge in [0.15, 0.2) is 0 Å². The van der Waals surface area contributed by atoms with Gasteiger partial charge in [0, 0.05) is 13.6 Å². The van der Waals surface area contributed by atoms with Crippen molar-refractivity contribution in [2.75, 3.05) is 26.7 Å². The molecular weight excluding hydrogens is 354 g/mol. The topological polar surface area (TPSA) is 65.4 Å². The van der Waals surface area contributed by atoms with Crippen LogP contribution in [-0.4, -0.2) is 59.6 Å². The number of aliphatic imine (C=N–C) groups is 1. The van der Waals surface area contributed by atoms with Crippen molar-refractivity contribution in [1.29, 1.82) is 0 Å². The lowest BCUT2D eigenvalue weighted by atomic mass is 9.83. The number of ether oxygens (including phenoxy) is 1. The van der Waals surface area contributed by atoms with Crippen molar-refractivity contribution in [1.82, 2.24) is 9.80 Å². The van der Waals surface area contributed by atoms with Gasteiger partial charge in [-0.2, -0.15) is 0 Å². The summed E-state index contributed by atoms with van der Waals surface area (Å²) >= 11 is 6.35. The van der Waals surface area contributed by atoms with Gasteiger partial charge in [-0.3, -0.25) is 0 Å². The molecule has 7 heteroatoms. The van der Waals surface area contributed by atoms with E-state index in [1.807, 2.05) is 52.6 Å². The number of likely N-dealkylation sites (tertiary alicyclic amines) is 1. The second-order valence-corrected chi connectivity index (χ2v) is 8.21. The van der Waals surface area contributed by atoms with Crippen molar-refractivity contribution in [3.05, 3.63) is 28.3 Å². The summed E-state index contributed by atoms with van der Waals surface area (Å²) in [6, 6.07) is 3.59. The third-order valence-electron chi connectivity index (χ3n) is 4.24. The molecule has 0 bridgehead atoms. The molecule has 0 unspecified atom stereocenters. The molecule has 0 aliphatic carbocycles. The summed E-state index contributed by atoms with van der Waals surface area (Å²) in [5, 5.41) is 11.4. The highest BCUT2D eigenvalue weighted by Crippen LogP contribution is 2.39. The predicted molar refractivity (Wildman–Crippen MR) is 104 cm³/mol. The van der Waals surface area contributed by atoms with Crippen LogP contribution in [0.5, 0.6) is 0 Å². The molecule has 1 aliphatic heterocycles. The van der Waals surface area contributed by atoms with Gasteiger partial charge < -0.3 is 19.6 Å². The molecule has 144 valence electrons. The summed E-state index contributed by atoms with van der Waals surface area (Å²) in [7, 11) is 1.93. The number of aryl methyl sites for hydroxylation is 1. The van der Waals surface area contributed by atoms with Crippen LogP contribution < -0.4 is 0 Å². The fraction of sp³-hybridized carbons (Fsp3) is 0.579. The molecule has 1 N–H and O–H groups in total. The minimum absolute atomic E-state index is 0.181. The normalized spacial score (nSPS) is 16.5. The Kier molecular flexibility index (Phi) is 5.88. The number of amides is 1. The smallest absolute Gasteiger partial charge is 0.410 e. The Morgan fingerprint density at radius 1 is 1.46 bits per heavy atom. The number of halogens is 1. The third-order valence-corrected chi connectivity index (χ3v) is 4.55. The molecule has 26 heavy (non-hydrogen) atoms. The van der Waals surface area contributed by atoms with Crippen LogP contribution in [0.1, 0.15) is 38.8 Å². The maximum absolute atomic E-state index is 12.1. The zero-order valence-electron chi connectivity index (χ0n) is 16.3. The van der Waals surface area contributed by atoms with Crippen LogP contribution in [-0.2, 0) is 10.3 Å². The standard InChI is InChI=1S/C19H28ClN3O3/c1-7-22(6)12-21-16-8-13(2)14(9-15(16)20)19(25)10-23(11-19)17(24)26-18(3,4)5/h8-9,12,25H,7,10-11H2,1-6H3. The zero-order valence-corrected chi connectivity index (χ0v) is 17.1. The number of carbonyl (C=O) groups excluding carboxylic acids is 1. The van der Waals surface area contributed by atoms with Crippen LogP contribution in [0, 0.1) is 6.92 Å². The largest absolute Gasteiger partial charge is 0.444 e. The Balaban J connectivity index is 2.14. The summed E-state index contributed by atoms with van der Waals surface area (Å²) in [6.07, 6.45) is 1.30. The highest BCUT2D eigenvalue weighted by molar-refractivity contribution is 6.33. The molecule has 1 aromatic rings. The predicted octanol–water partition coefficient (Wildman–Crippen LogP) is 3.70. The Bertz CT molecular complexity index is 707. The monoisotopic (exact) mass is 381 g/mol. The van der Waals surface area contributed by atoms with Crippen molar-refractivity contribution < 1.29 is 14.6 Å². The molecule has 6 nitrogen and oxygen atoms in total. The lowest BCUT2D eigenvalue weighted by Crippen LogP contribution is -2.62. The molecule has 0 spiro atoms. The van der Waals surface area contributed by atoms with E-state index in [1.165, 1.54) is 4.90 Å². The van der Waals surface area contributed by atoms with Gasteiger partial charge in [0.25, 0.3) is 0 Å². The lowest BCUT2D eigenvalue weighted by Gasteiger charge is -2.47. The molecule has 1 saturated heterocycles. The minimum Gasteiger partial charge on any atom is -0.444 e. The van der Waals surface area contributed by atoms with Crippen LogP contribution in [0.3, 0.4) is 0 Å². The van der Waals surface area contributed by atoms with E-state index in [0.717, 1.165) is 12.1 Å². The first-order valence-corrected chi connectivity index (χ1v) is 9.08. The van der Waals surface area contributed by atoms with E-state index >= 15 is 0 Å². The van der Waals surface area contributed by atoms with E-state index in [0.29, 0.717) is 16.3 Å². The summed E-state index contributed by atoms with van der Waals surface area (Å²) in [6.45, 7) is 10.6. The van der Waals surface area contributed by atoms with Gasteiger partial charge in [0.1, 0.15) is 11.2 Å². The highest BCUT2D eigenvalue weighted by Gasteiger charge is 2.47. The maximum Gasteiger partial charge on any atom is 0.410 e. The number of β-amino-alcohol motifs (C(OH)–C–C–N with tert-alkyl or cyclic N) is 1. The van der Waals surface area contributed by atoms with Gasteiger partial charge in [-0.1, -0.05) is 11.6 Å². The number of aliphatic hydroxyl groups is 1. The maximum atomic E-state index is 12.1. The summed E-state index contributed by atoms with van der Waals surface area (Å²) in [5.74, 6) is 0. The van der Waals surface area contributed by atoms with Gasteiger partial charge in [-0.15, -0.1) is 0 Å². The fourth-order valence-electron chi connectivity index (χ4n) is 2.72. The van der Waals surface area contributed by atoms with Crippen molar-refractivity contribution in [2.24, 2.45) is 4.99 Å². The molecule has 1 fully saturated rings. The lowest BCUT2D eigenvalue weighted by molar-refractivity contribution is -0.104. The van der Waals surface area contributed by atoms with Gasteiger partial charge >= 0.3 is 6.09 Å². The van der Waals surface area contributed by atoms with Crippen molar-refractivity contribution in [3.8, 4) is 0 Å². The number of hydrogen-bond acceptors (Lipinski definition) is 4. The van der Waals surface area contributed by atoms with Gasteiger partial charge in [-0.05, 0) is 57.9 Å². The zero-order chi connectivity index (χ0) is 19.7. The molecule has 1 heterocycles. The van der Waals surface area contributed by atoms with E-state index in [-0.39, 0.29) is 13.1 Å². The molecule has 1 aliphatic rings. The van der Waals surface area contributed by atoms with Crippen molar-refractivity contribution in [2.45, 2.75) is 45.8 Å². The fourth-order valence-corrected chi connectivity index (χ4v) is 2.93. The van der Waals surface area contributed by atoms with Crippen molar-refractivity contribution >= 4 is 29.7 Å². The van der Waals surface area contributed by atoms with E-state index in [1.54, 1.807) is 12.4 Å². The van der Waals surface area contributed by atoms with E-state index < -0.39 is 17.3 Å². The Morgan fingerprint density at radius 2 is 2.08 bits per heavy atom. The SMILES string of the molecule is CCN(C)C=Nc1cc(C)c(C2(O)CN(C(=O)OC(C)(C)C)C2)cc1Cl. The van der Waals surface area contributed by atoms with Crippen LogP contribution in [0.15, 0.2) is 17.1 Å².